The molecule has 0 spiro atoms. The van der Waals surface area contributed by atoms with E-state index in [0.717, 1.165) is 16.6 Å². The average molecular weight is 333 g/mol. The highest BCUT2D eigenvalue weighted by Crippen LogP contribution is 2.29. The van der Waals surface area contributed by atoms with Crippen molar-refractivity contribution < 1.29 is 12.0 Å². The predicted molar refractivity (Wildman–Crippen MR) is 95.5 cm³/mol. The average Bonchev–Trinajstić information content (AvgIpc) is 2.61. The summed E-state index contributed by atoms with van der Waals surface area (Å²) in [6.45, 7) is -5.56. The normalized spacial score (nSPS) is 15.3. The zero-order chi connectivity index (χ0) is 20.5. The molecular weight excluding hydrogens is 310 g/mol. The van der Waals surface area contributed by atoms with Gasteiger partial charge in [0.25, 0.3) is 0 Å². The van der Waals surface area contributed by atoms with Crippen molar-refractivity contribution >= 4 is 33.9 Å². The number of hydrogen-bond acceptors (Lipinski definition) is 4. The fraction of sp³-hybridized carbons (Fsp3) is 0.167. The highest BCUT2D eigenvalue weighted by Gasteiger charge is 2.06. The summed E-state index contributed by atoms with van der Waals surface area (Å²) in [7, 11) is 0. The van der Waals surface area contributed by atoms with Gasteiger partial charge in [0, 0.05) is 46.9 Å². The number of pyridine rings is 1. The maximum Gasteiger partial charge on any atom is 0.120 e. The molecule has 3 rings (SSSR count). The van der Waals surface area contributed by atoms with Crippen LogP contribution in [0.5, 0.6) is 5.75 Å². The van der Waals surface area contributed by atoms with Crippen LogP contribution in [0.1, 0.15) is 19.3 Å². The lowest BCUT2D eigenvalue weighted by atomic mass is 10.1. The summed E-state index contributed by atoms with van der Waals surface area (Å²) >= 11 is 6.01. The molecule has 118 valence electrons. The third-order valence-corrected chi connectivity index (χ3v) is 3.67. The third-order valence-electron chi connectivity index (χ3n) is 3.43. The van der Waals surface area contributed by atoms with Gasteiger partial charge in [0.1, 0.15) is 5.75 Å². The number of rotatable bonds is 5. The van der Waals surface area contributed by atoms with Gasteiger partial charge in [-0.15, -0.1) is 0 Å². The summed E-state index contributed by atoms with van der Waals surface area (Å²) in [4.78, 5) is 4.29. The Hall–Kier alpha value is -2.30. The number of fused-ring (bicyclic) bond motifs is 1. The number of benzene rings is 2. The number of anilines is 2. The number of nitrogens with one attached hydrogen (secondary N) is 2. The van der Waals surface area contributed by atoms with Gasteiger partial charge in [-0.1, -0.05) is 18.5 Å². The Balaban J connectivity index is 1.84. The van der Waals surface area contributed by atoms with Crippen LogP contribution in [0.3, 0.4) is 0 Å². The standard InChI is InChI=1S/C18H18ClN3O/c1-2-20-11-12-9-14(4-6-18(12)23)22-16-7-8-21-17-10-13(19)3-5-15(16)17/h3-10,20,23H,2,11H2,1H3,(H,21,22)/i1D3,2D2. The first kappa shape index (κ1) is 10.5. The molecule has 0 atom stereocenters. The van der Waals surface area contributed by atoms with Crippen molar-refractivity contribution in [3.63, 3.8) is 0 Å². The van der Waals surface area contributed by atoms with E-state index >= 15 is 0 Å². The molecule has 23 heavy (non-hydrogen) atoms. The van der Waals surface area contributed by atoms with Gasteiger partial charge in [-0.2, -0.15) is 0 Å². The van der Waals surface area contributed by atoms with Gasteiger partial charge in [0.15, 0.2) is 0 Å². The van der Waals surface area contributed by atoms with Crippen molar-refractivity contribution in [2.75, 3.05) is 11.8 Å². The minimum Gasteiger partial charge on any atom is -0.508 e. The maximum atomic E-state index is 10.0. The van der Waals surface area contributed by atoms with Crippen LogP contribution in [0.2, 0.25) is 5.02 Å². The van der Waals surface area contributed by atoms with E-state index in [1.807, 2.05) is 6.07 Å². The molecule has 0 radical (unpaired) electrons. The second kappa shape index (κ2) is 6.86. The fourth-order valence-corrected chi connectivity index (χ4v) is 2.50. The molecule has 0 aliphatic carbocycles. The molecule has 1 aromatic heterocycles. The Labute approximate surface area is 147 Å². The number of aromatic hydroxyl groups is 1. The minimum atomic E-state index is -2.82. The summed E-state index contributed by atoms with van der Waals surface area (Å²) in [5.41, 5.74) is 2.51. The molecule has 4 nitrogen and oxygen atoms in total. The van der Waals surface area contributed by atoms with Crippen molar-refractivity contribution in [2.24, 2.45) is 0 Å². The third kappa shape index (κ3) is 3.55. The van der Waals surface area contributed by atoms with E-state index < -0.39 is 13.3 Å². The Morgan fingerprint density at radius 3 is 3.04 bits per heavy atom. The lowest BCUT2D eigenvalue weighted by Gasteiger charge is -2.12. The van der Waals surface area contributed by atoms with Crippen LogP contribution in [-0.2, 0) is 6.54 Å². The number of aromatic nitrogens is 1. The number of halogens is 1. The molecule has 5 heteroatoms. The molecule has 0 aliphatic heterocycles. The molecule has 0 aliphatic rings. The molecule has 0 fully saturated rings. The molecular formula is C18H18ClN3O. The van der Waals surface area contributed by atoms with Crippen molar-refractivity contribution in [3.8, 4) is 5.75 Å². The van der Waals surface area contributed by atoms with Crippen LogP contribution in [0, 0.1) is 0 Å². The van der Waals surface area contributed by atoms with Crippen molar-refractivity contribution in [2.45, 2.75) is 13.4 Å². The van der Waals surface area contributed by atoms with E-state index in [4.69, 9.17) is 18.5 Å². The van der Waals surface area contributed by atoms with Gasteiger partial charge < -0.3 is 15.7 Å². The van der Waals surface area contributed by atoms with E-state index in [2.05, 4.69) is 15.6 Å². The number of phenolic OH excluding ortho intramolecular Hbond substituents is 1. The van der Waals surface area contributed by atoms with Crippen LogP contribution in [0.4, 0.5) is 11.4 Å². The lowest BCUT2D eigenvalue weighted by Crippen LogP contribution is -2.11. The van der Waals surface area contributed by atoms with Gasteiger partial charge in [0.05, 0.1) is 5.52 Å². The van der Waals surface area contributed by atoms with E-state index in [0.29, 0.717) is 16.3 Å². The maximum absolute atomic E-state index is 10.0. The monoisotopic (exact) mass is 332 g/mol. The SMILES string of the molecule is [2H]C([2H])([2H])C([2H])([2H])NCc1cc(Nc2ccnc3cc(Cl)ccc23)ccc1O. The number of phenols is 1. The summed E-state index contributed by atoms with van der Waals surface area (Å²) in [5.74, 6) is -0.0641. The Bertz CT molecular complexity index is 1010. The predicted octanol–water partition coefficient (Wildman–Crippen LogP) is 4.45. The van der Waals surface area contributed by atoms with E-state index in [9.17, 15) is 5.11 Å². The Morgan fingerprint density at radius 2 is 2.17 bits per heavy atom. The fourth-order valence-electron chi connectivity index (χ4n) is 2.33. The molecule has 0 unspecified atom stereocenters. The van der Waals surface area contributed by atoms with E-state index in [-0.39, 0.29) is 12.3 Å². The van der Waals surface area contributed by atoms with Crippen molar-refractivity contribution in [3.05, 3.63) is 59.2 Å². The van der Waals surface area contributed by atoms with E-state index in [1.165, 1.54) is 6.07 Å². The molecule has 3 aromatic rings. The van der Waals surface area contributed by atoms with Crippen LogP contribution >= 0.6 is 11.6 Å². The first-order valence-electron chi connectivity index (χ1n) is 9.45. The summed E-state index contributed by atoms with van der Waals surface area (Å²) in [6.07, 6.45) is 1.65. The molecule has 2 aromatic carbocycles. The molecule has 0 saturated carbocycles. The molecule has 1 heterocycles. The van der Waals surface area contributed by atoms with Crippen LogP contribution in [0.25, 0.3) is 10.9 Å². The van der Waals surface area contributed by atoms with Crippen molar-refractivity contribution in [1.82, 2.24) is 10.3 Å². The Kier molecular flexibility index (Phi) is 3.12. The van der Waals surface area contributed by atoms with Gasteiger partial charge >= 0.3 is 0 Å². The molecule has 0 saturated heterocycles. The zero-order valence-corrected chi connectivity index (χ0v) is 12.9. The van der Waals surface area contributed by atoms with Crippen LogP contribution in [-0.4, -0.2) is 16.6 Å². The van der Waals surface area contributed by atoms with Gasteiger partial charge in [0.2, 0.25) is 0 Å². The highest BCUT2D eigenvalue weighted by molar-refractivity contribution is 6.31. The zero-order valence-electron chi connectivity index (χ0n) is 17.1. The highest BCUT2D eigenvalue weighted by atomic mass is 35.5. The van der Waals surface area contributed by atoms with Crippen LogP contribution < -0.4 is 10.6 Å². The Morgan fingerprint density at radius 1 is 1.26 bits per heavy atom. The summed E-state index contributed by atoms with van der Waals surface area (Å²) < 4.78 is 37.0. The minimum absolute atomic E-state index is 0.0641. The molecule has 3 N–H and O–H groups in total. The quantitative estimate of drug-likeness (QED) is 0.604. The lowest BCUT2D eigenvalue weighted by molar-refractivity contribution is 0.465. The smallest absolute Gasteiger partial charge is 0.120 e. The van der Waals surface area contributed by atoms with Gasteiger partial charge in [-0.3, -0.25) is 4.98 Å². The molecule has 0 bridgehead atoms. The topological polar surface area (TPSA) is 57.2 Å². The second-order valence-corrected chi connectivity index (χ2v) is 5.40. The summed E-state index contributed by atoms with van der Waals surface area (Å²) in [6, 6.07) is 11.9. The first-order chi connectivity index (χ1) is 13.1. The number of nitrogens with zero attached hydrogens (tertiary/aromatic N) is 1. The largest absolute Gasteiger partial charge is 0.508 e. The van der Waals surface area contributed by atoms with E-state index in [1.54, 1.807) is 36.5 Å². The van der Waals surface area contributed by atoms with Crippen molar-refractivity contribution in [1.29, 1.82) is 0 Å². The number of hydrogen-bond donors (Lipinski definition) is 3. The molecule has 0 amide bonds. The first-order valence-corrected chi connectivity index (χ1v) is 7.33. The second-order valence-electron chi connectivity index (χ2n) is 4.97. The van der Waals surface area contributed by atoms with Crippen LogP contribution in [0.15, 0.2) is 48.7 Å². The van der Waals surface area contributed by atoms with Gasteiger partial charge in [-0.25, -0.2) is 0 Å². The van der Waals surface area contributed by atoms with Gasteiger partial charge in [-0.05, 0) is 49.0 Å². The summed E-state index contributed by atoms with van der Waals surface area (Å²) in [5, 5.41) is 17.1.